The van der Waals surface area contributed by atoms with Crippen molar-refractivity contribution in [1.29, 1.82) is 0 Å². The standard InChI is InChI=1S/C4H4NOP/c1-2-5-4-7-6-3-1/h1-4H. The van der Waals surface area contributed by atoms with Crippen molar-refractivity contribution in [3.05, 3.63) is 12.3 Å². The van der Waals surface area contributed by atoms with Crippen LogP contribution < -0.4 is 0 Å². The summed E-state index contributed by atoms with van der Waals surface area (Å²) in [6.07, 6.45) is 5.03. The van der Waals surface area contributed by atoms with Crippen molar-refractivity contribution in [3.8, 4) is 0 Å². The molecule has 1 rings (SSSR count). The van der Waals surface area contributed by atoms with Crippen LogP contribution in [0.1, 0.15) is 0 Å². The van der Waals surface area contributed by atoms with Gasteiger partial charge in [-0.2, -0.15) is 0 Å². The lowest BCUT2D eigenvalue weighted by molar-refractivity contribution is 0.564. The second kappa shape index (κ2) is 2.54. The van der Waals surface area contributed by atoms with Crippen LogP contribution in [0, 0.1) is 0 Å². The summed E-state index contributed by atoms with van der Waals surface area (Å²) < 4.78 is 4.81. The molecular formula is C4H4NOP. The van der Waals surface area contributed by atoms with Crippen LogP contribution in [0.4, 0.5) is 0 Å². The zero-order valence-electron chi connectivity index (χ0n) is 3.61. The highest BCUT2D eigenvalue weighted by Crippen LogP contribution is 1.98. The van der Waals surface area contributed by atoms with Crippen molar-refractivity contribution in [2.24, 2.45) is 4.99 Å². The van der Waals surface area contributed by atoms with Crippen molar-refractivity contribution in [3.63, 3.8) is 0 Å². The average Bonchev–Trinajstić information content (AvgIpc) is 1.90. The van der Waals surface area contributed by atoms with Gasteiger partial charge in [-0.05, 0) is 6.08 Å². The van der Waals surface area contributed by atoms with Crippen LogP contribution in [0.2, 0.25) is 0 Å². The molecule has 0 radical (unpaired) electrons. The number of allylic oxidation sites excluding steroid dienone is 1. The molecule has 0 aromatic heterocycles. The molecule has 3 heteroatoms. The molecular weight excluding hydrogens is 109 g/mol. The van der Waals surface area contributed by atoms with Crippen LogP contribution in [-0.2, 0) is 4.52 Å². The highest BCUT2D eigenvalue weighted by Gasteiger charge is 1.71. The fourth-order valence-corrected chi connectivity index (χ4v) is 0.574. The van der Waals surface area contributed by atoms with Gasteiger partial charge in [-0.25, -0.2) is 0 Å². The Morgan fingerprint density at radius 3 is 3.57 bits per heavy atom. The third-order valence-corrected chi connectivity index (χ3v) is 0.957. The summed E-state index contributed by atoms with van der Waals surface area (Å²) in [5.41, 5.74) is 0. The topological polar surface area (TPSA) is 21.6 Å². The summed E-state index contributed by atoms with van der Waals surface area (Å²) in [7, 11) is 0.796. The lowest BCUT2D eigenvalue weighted by atomic mass is 10.7. The quantitative estimate of drug-likeness (QED) is 0.433. The van der Waals surface area contributed by atoms with E-state index in [0.29, 0.717) is 0 Å². The van der Waals surface area contributed by atoms with E-state index < -0.39 is 0 Å². The molecule has 0 aliphatic carbocycles. The van der Waals surface area contributed by atoms with E-state index in [-0.39, 0.29) is 0 Å². The van der Waals surface area contributed by atoms with Gasteiger partial charge in [0, 0.05) is 6.21 Å². The molecule has 1 aliphatic rings. The van der Waals surface area contributed by atoms with E-state index in [0.717, 1.165) is 8.43 Å². The Bertz CT molecular complexity index is 114. The monoisotopic (exact) mass is 113 g/mol. The average molecular weight is 113 g/mol. The van der Waals surface area contributed by atoms with Crippen LogP contribution in [0.3, 0.4) is 0 Å². The zero-order valence-corrected chi connectivity index (χ0v) is 4.51. The minimum atomic E-state index is 0.796. The summed E-state index contributed by atoms with van der Waals surface area (Å²) in [5, 5.41) is 0. The maximum absolute atomic E-state index is 4.81. The lowest BCUT2D eigenvalue weighted by Gasteiger charge is -1.76. The number of aliphatic imine (C=N–C) groups is 1. The Kier molecular flexibility index (Phi) is 1.64. The highest BCUT2D eigenvalue weighted by atomic mass is 31.1. The van der Waals surface area contributed by atoms with E-state index in [1.807, 2.05) is 0 Å². The molecule has 1 aliphatic heterocycles. The predicted molar refractivity (Wildman–Crippen MR) is 31.7 cm³/mol. The van der Waals surface area contributed by atoms with Crippen molar-refractivity contribution in [2.45, 2.75) is 0 Å². The summed E-state index contributed by atoms with van der Waals surface area (Å²) in [5.74, 6) is 1.68. The van der Waals surface area contributed by atoms with Gasteiger partial charge in [0.05, 0.1) is 12.2 Å². The Labute approximate surface area is 43.4 Å². The summed E-state index contributed by atoms with van der Waals surface area (Å²) in [6.45, 7) is 0. The summed E-state index contributed by atoms with van der Waals surface area (Å²) in [4.78, 5) is 3.80. The van der Waals surface area contributed by atoms with Gasteiger partial charge < -0.3 is 4.52 Å². The molecule has 0 fully saturated rings. The molecule has 0 atom stereocenters. The molecule has 0 aromatic carbocycles. The summed E-state index contributed by atoms with van der Waals surface area (Å²) in [6, 6.07) is 0. The number of hydrogen-bond donors (Lipinski definition) is 0. The van der Waals surface area contributed by atoms with Crippen LogP contribution in [0.15, 0.2) is 17.3 Å². The van der Waals surface area contributed by atoms with Crippen LogP contribution in [0.5, 0.6) is 0 Å². The van der Waals surface area contributed by atoms with E-state index in [2.05, 4.69) is 4.99 Å². The SMILES string of the molecule is C1=COP=CN=C1. The first kappa shape index (κ1) is 4.54. The Morgan fingerprint density at radius 2 is 2.57 bits per heavy atom. The van der Waals surface area contributed by atoms with Crippen LogP contribution in [-0.4, -0.2) is 12.1 Å². The van der Waals surface area contributed by atoms with Gasteiger partial charge in [-0.3, -0.25) is 4.99 Å². The van der Waals surface area contributed by atoms with Gasteiger partial charge in [-0.15, -0.1) is 0 Å². The molecule has 0 amide bonds. The normalized spacial score (nSPS) is 18.3. The molecule has 0 saturated carbocycles. The molecule has 0 aromatic rings. The van der Waals surface area contributed by atoms with E-state index in [4.69, 9.17) is 4.52 Å². The molecule has 0 unspecified atom stereocenters. The van der Waals surface area contributed by atoms with Gasteiger partial charge in [0.1, 0.15) is 8.43 Å². The van der Waals surface area contributed by atoms with Gasteiger partial charge in [0.15, 0.2) is 0 Å². The van der Waals surface area contributed by atoms with Gasteiger partial charge in [0.2, 0.25) is 0 Å². The second-order valence-electron chi connectivity index (χ2n) is 0.953. The first-order valence-corrected chi connectivity index (χ1v) is 2.74. The molecule has 0 saturated heterocycles. The molecule has 0 spiro atoms. The minimum absolute atomic E-state index is 0.796. The lowest BCUT2D eigenvalue weighted by Crippen LogP contribution is -1.58. The van der Waals surface area contributed by atoms with E-state index in [1.54, 1.807) is 24.5 Å². The summed E-state index contributed by atoms with van der Waals surface area (Å²) >= 11 is 0. The predicted octanol–water partition coefficient (Wildman–Crippen LogP) is 1.22. The Hall–Kier alpha value is -0.620. The van der Waals surface area contributed by atoms with Crippen molar-refractivity contribution in [2.75, 3.05) is 0 Å². The van der Waals surface area contributed by atoms with Crippen molar-refractivity contribution < 1.29 is 4.52 Å². The first-order valence-electron chi connectivity index (χ1n) is 1.86. The molecule has 0 bridgehead atoms. The van der Waals surface area contributed by atoms with E-state index in [1.165, 1.54) is 0 Å². The maximum atomic E-state index is 4.81. The third-order valence-electron chi connectivity index (χ3n) is 0.486. The van der Waals surface area contributed by atoms with E-state index in [9.17, 15) is 0 Å². The van der Waals surface area contributed by atoms with Crippen molar-refractivity contribution >= 4 is 20.6 Å². The first-order chi connectivity index (χ1) is 3.50. The molecule has 7 heavy (non-hydrogen) atoms. The Morgan fingerprint density at radius 1 is 1.57 bits per heavy atom. The van der Waals surface area contributed by atoms with Crippen LogP contribution >= 0.6 is 8.43 Å². The maximum Gasteiger partial charge on any atom is 0.144 e. The second-order valence-corrected chi connectivity index (χ2v) is 1.61. The van der Waals surface area contributed by atoms with Crippen molar-refractivity contribution in [1.82, 2.24) is 0 Å². The third kappa shape index (κ3) is 1.51. The Balaban J connectivity index is 2.60. The number of rotatable bonds is 0. The number of hydrogen-bond acceptors (Lipinski definition) is 2. The minimum Gasteiger partial charge on any atom is -0.445 e. The fourth-order valence-electron chi connectivity index (χ4n) is 0.248. The smallest absolute Gasteiger partial charge is 0.144 e. The fraction of sp³-hybridized carbons (Fsp3) is 0. The molecule has 0 N–H and O–H groups in total. The zero-order chi connectivity index (χ0) is 4.95. The molecule has 1 heterocycles. The van der Waals surface area contributed by atoms with Gasteiger partial charge in [0.25, 0.3) is 0 Å². The van der Waals surface area contributed by atoms with Gasteiger partial charge >= 0.3 is 0 Å². The van der Waals surface area contributed by atoms with Crippen LogP contribution in [0.25, 0.3) is 0 Å². The molecule has 2 nitrogen and oxygen atoms in total. The molecule has 36 valence electrons. The highest BCUT2D eigenvalue weighted by molar-refractivity contribution is 7.33. The number of nitrogens with zero attached hydrogens (tertiary/aromatic N) is 1. The van der Waals surface area contributed by atoms with E-state index >= 15 is 0 Å². The van der Waals surface area contributed by atoms with Gasteiger partial charge in [-0.1, -0.05) is 0 Å². The largest absolute Gasteiger partial charge is 0.445 e.